The minimum atomic E-state index is 0.161. The topological polar surface area (TPSA) is 49.3 Å². The van der Waals surface area contributed by atoms with Gasteiger partial charge in [-0.2, -0.15) is 11.3 Å². The Hall–Kier alpha value is -2.47. The zero-order valence-electron chi connectivity index (χ0n) is 16.6. The van der Waals surface area contributed by atoms with Crippen LogP contribution in [-0.4, -0.2) is 47.0 Å². The second-order valence-electron chi connectivity index (χ2n) is 8.05. The third kappa shape index (κ3) is 3.73. The second-order valence-corrected chi connectivity index (χ2v) is 8.83. The van der Waals surface area contributed by atoms with E-state index in [9.17, 15) is 4.79 Å². The number of anilines is 1. The number of aromatic nitrogens is 2. The molecule has 1 aromatic carbocycles. The Bertz CT molecular complexity index is 989. The van der Waals surface area contributed by atoms with Crippen molar-refractivity contribution in [1.82, 2.24) is 14.9 Å². The van der Waals surface area contributed by atoms with E-state index in [-0.39, 0.29) is 5.92 Å². The Morgan fingerprint density at radius 3 is 2.52 bits per heavy atom. The number of likely N-dealkylation sites (tertiary alicyclic amines) is 1. The highest BCUT2D eigenvalue weighted by atomic mass is 32.1. The first-order chi connectivity index (χ1) is 14.3. The van der Waals surface area contributed by atoms with Crippen LogP contribution in [0.3, 0.4) is 0 Å². The van der Waals surface area contributed by atoms with Crippen LogP contribution in [-0.2, 0) is 4.79 Å². The van der Waals surface area contributed by atoms with E-state index in [0.717, 1.165) is 80.0 Å². The van der Waals surface area contributed by atoms with Crippen LogP contribution in [0.5, 0.6) is 0 Å². The summed E-state index contributed by atoms with van der Waals surface area (Å²) in [5, 5.41) is 5.25. The summed E-state index contributed by atoms with van der Waals surface area (Å²) in [6.45, 7) is 3.63. The van der Waals surface area contributed by atoms with E-state index in [4.69, 9.17) is 9.97 Å². The second kappa shape index (κ2) is 8.11. The van der Waals surface area contributed by atoms with Crippen molar-refractivity contribution < 1.29 is 4.79 Å². The van der Waals surface area contributed by atoms with Gasteiger partial charge in [-0.15, -0.1) is 0 Å². The molecule has 0 N–H and O–H groups in total. The number of thiophene rings is 1. The predicted octanol–water partition coefficient (Wildman–Crippen LogP) is 4.59. The van der Waals surface area contributed by atoms with Gasteiger partial charge in [-0.25, -0.2) is 9.97 Å². The number of hydrogen-bond acceptors (Lipinski definition) is 5. The van der Waals surface area contributed by atoms with Crippen molar-refractivity contribution in [2.45, 2.75) is 32.1 Å². The van der Waals surface area contributed by atoms with Gasteiger partial charge in [0, 0.05) is 48.4 Å². The summed E-state index contributed by atoms with van der Waals surface area (Å²) in [4.78, 5) is 27.1. The van der Waals surface area contributed by atoms with Gasteiger partial charge in [0.15, 0.2) is 5.82 Å². The maximum atomic E-state index is 12.9. The number of carbonyl (C=O) groups is 1. The molecule has 0 bridgehead atoms. The molecule has 4 heterocycles. The highest BCUT2D eigenvalue weighted by molar-refractivity contribution is 7.08. The van der Waals surface area contributed by atoms with Crippen LogP contribution in [0.1, 0.15) is 32.1 Å². The van der Waals surface area contributed by atoms with Crippen molar-refractivity contribution in [2.75, 3.05) is 31.1 Å². The highest BCUT2D eigenvalue weighted by Gasteiger charge is 2.30. The Balaban J connectivity index is 1.38. The maximum Gasteiger partial charge on any atom is 0.225 e. The Kier molecular flexibility index (Phi) is 5.19. The molecule has 0 spiro atoms. The zero-order valence-corrected chi connectivity index (χ0v) is 17.4. The molecule has 5 rings (SSSR count). The Morgan fingerprint density at radius 2 is 1.76 bits per heavy atom. The summed E-state index contributed by atoms with van der Waals surface area (Å²) in [7, 11) is 0. The van der Waals surface area contributed by atoms with Gasteiger partial charge in [-0.3, -0.25) is 4.79 Å². The van der Waals surface area contributed by atoms with Crippen molar-refractivity contribution in [1.29, 1.82) is 0 Å². The van der Waals surface area contributed by atoms with Gasteiger partial charge in [0.05, 0.1) is 5.52 Å². The molecule has 2 saturated heterocycles. The number of benzene rings is 1. The van der Waals surface area contributed by atoms with Crippen molar-refractivity contribution in [3.63, 3.8) is 0 Å². The lowest BCUT2D eigenvalue weighted by atomic mass is 9.94. The van der Waals surface area contributed by atoms with Crippen LogP contribution in [0.15, 0.2) is 41.1 Å². The summed E-state index contributed by atoms with van der Waals surface area (Å²) in [6.07, 6.45) is 5.38. The van der Waals surface area contributed by atoms with E-state index < -0.39 is 0 Å². The van der Waals surface area contributed by atoms with Gasteiger partial charge in [0.1, 0.15) is 5.82 Å². The van der Waals surface area contributed by atoms with E-state index in [1.165, 1.54) is 6.42 Å². The molecule has 0 radical (unpaired) electrons. The average Bonchev–Trinajstić information content (AvgIpc) is 3.34. The number of piperidine rings is 2. The van der Waals surface area contributed by atoms with E-state index in [1.807, 2.05) is 12.1 Å². The molecule has 29 heavy (non-hydrogen) atoms. The summed E-state index contributed by atoms with van der Waals surface area (Å²) in [6, 6.07) is 10.3. The van der Waals surface area contributed by atoms with Gasteiger partial charge < -0.3 is 9.80 Å². The molecule has 2 aliphatic rings. The molecule has 0 atom stereocenters. The minimum Gasteiger partial charge on any atom is -0.356 e. The molecule has 2 aliphatic heterocycles. The van der Waals surface area contributed by atoms with Gasteiger partial charge in [-0.05, 0) is 55.7 Å². The van der Waals surface area contributed by atoms with Gasteiger partial charge >= 0.3 is 0 Å². The fourth-order valence-corrected chi connectivity index (χ4v) is 5.17. The van der Waals surface area contributed by atoms with E-state index in [0.29, 0.717) is 5.91 Å². The summed E-state index contributed by atoms with van der Waals surface area (Å²) in [5.41, 5.74) is 2.04. The summed E-state index contributed by atoms with van der Waals surface area (Å²) >= 11 is 1.66. The van der Waals surface area contributed by atoms with Crippen molar-refractivity contribution in [2.24, 2.45) is 5.92 Å². The number of amides is 1. The van der Waals surface area contributed by atoms with E-state index in [1.54, 1.807) is 11.3 Å². The number of rotatable bonds is 3. The van der Waals surface area contributed by atoms with Gasteiger partial charge in [0.25, 0.3) is 0 Å². The Morgan fingerprint density at radius 1 is 0.966 bits per heavy atom. The lowest BCUT2D eigenvalue weighted by Gasteiger charge is -2.36. The molecule has 0 unspecified atom stereocenters. The first-order valence-electron chi connectivity index (χ1n) is 10.6. The fraction of sp³-hybridized carbons (Fsp3) is 0.435. The van der Waals surface area contributed by atoms with Crippen molar-refractivity contribution in [3.05, 3.63) is 41.1 Å². The number of fused-ring (bicyclic) bond motifs is 1. The molecule has 1 amide bonds. The van der Waals surface area contributed by atoms with Gasteiger partial charge in [-0.1, -0.05) is 12.1 Å². The van der Waals surface area contributed by atoms with Crippen LogP contribution < -0.4 is 4.90 Å². The van der Waals surface area contributed by atoms with Crippen LogP contribution >= 0.6 is 11.3 Å². The van der Waals surface area contributed by atoms with E-state index >= 15 is 0 Å². The molecule has 0 aliphatic carbocycles. The predicted molar refractivity (Wildman–Crippen MR) is 118 cm³/mol. The standard InChI is InChI=1S/C23H26N4OS/c28-23(27-11-4-1-5-12-27)17-8-13-26(14-9-17)22-19-6-2-3-7-20(19)24-21(25-22)18-10-15-29-16-18/h2-3,6-7,10,15-17H,1,4-5,8-9,11-14H2. The first kappa shape index (κ1) is 18.6. The summed E-state index contributed by atoms with van der Waals surface area (Å²) < 4.78 is 0. The third-order valence-corrected chi connectivity index (χ3v) is 6.86. The number of carbonyl (C=O) groups excluding carboxylic acids is 1. The van der Waals surface area contributed by atoms with Crippen LogP contribution in [0, 0.1) is 5.92 Å². The number of para-hydroxylation sites is 1. The minimum absolute atomic E-state index is 0.161. The molecule has 150 valence electrons. The van der Waals surface area contributed by atoms with Crippen molar-refractivity contribution in [3.8, 4) is 11.4 Å². The normalized spacial score (nSPS) is 18.3. The molecule has 2 aromatic heterocycles. The maximum absolute atomic E-state index is 12.9. The largest absolute Gasteiger partial charge is 0.356 e. The zero-order chi connectivity index (χ0) is 19.6. The van der Waals surface area contributed by atoms with Crippen LogP contribution in [0.25, 0.3) is 22.3 Å². The Labute approximate surface area is 175 Å². The highest BCUT2D eigenvalue weighted by Crippen LogP contribution is 2.31. The summed E-state index contributed by atoms with van der Waals surface area (Å²) in [5.74, 6) is 2.32. The third-order valence-electron chi connectivity index (χ3n) is 6.17. The average molecular weight is 407 g/mol. The lowest BCUT2D eigenvalue weighted by Crippen LogP contribution is -2.44. The smallest absolute Gasteiger partial charge is 0.225 e. The monoisotopic (exact) mass is 406 g/mol. The number of nitrogens with zero attached hydrogens (tertiary/aromatic N) is 4. The van der Waals surface area contributed by atoms with Crippen molar-refractivity contribution >= 4 is 34.0 Å². The van der Waals surface area contributed by atoms with Crippen LogP contribution in [0.2, 0.25) is 0 Å². The molecule has 6 heteroatoms. The molecular weight excluding hydrogens is 380 g/mol. The molecule has 5 nitrogen and oxygen atoms in total. The van der Waals surface area contributed by atoms with Gasteiger partial charge in [0.2, 0.25) is 5.91 Å². The first-order valence-corrected chi connectivity index (χ1v) is 11.6. The SMILES string of the molecule is O=C(C1CCN(c2nc(-c3ccsc3)nc3ccccc23)CC1)N1CCCCC1. The van der Waals surface area contributed by atoms with E-state index in [2.05, 4.69) is 38.8 Å². The van der Waals surface area contributed by atoms with Crippen LogP contribution in [0.4, 0.5) is 5.82 Å². The molecular formula is C23H26N4OS. The molecule has 0 saturated carbocycles. The molecule has 2 fully saturated rings. The number of hydrogen-bond donors (Lipinski definition) is 0. The fourth-order valence-electron chi connectivity index (χ4n) is 4.53. The molecule has 3 aromatic rings. The quantitative estimate of drug-likeness (QED) is 0.638. The lowest BCUT2D eigenvalue weighted by molar-refractivity contribution is -0.137.